The maximum Gasteiger partial charge on any atom is 0.315 e. The van der Waals surface area contributed by atoms with Gasteiger partial charge in [-0.25, -0.2) is 9.78 Å². The van der Waals surface area contributed by atoms with E-state index in [2.05, 4.69) is 41.8 Å². The molecule has 0 aromatic carbocycles. The molecule has 0 radical (unpaired) electrons. The van der Waals surface area contributed by atoms with Crippen molar-refractivity contribution in [3.63, 3.8) is 0 Å². The lowest BCUT2D eigenvalue weighted by atomic mass is 9.93. The second kappa shape index (κ2) is 7.59. The van der Waals surface area contributed by atoms with Gasteiger partial charge < -0.3 is 15.7 Å². The quantitative estimate of drug-likeness (QED) is 0.752. The van der Waals surface area contributed by atoms with Gasteiger partial charge in [-0.15, -0.1) is 11.3 Å². The highest BCUT2D eigenvalue weighted by Gasteiger charge is 2.17. The molecule has 0 saturated heterocycles. The first-order chi connectivity index (χ1) is 9.32. The van der Waals surface area contributed by atoms with Crippen molar-refractivity contribution in [3.8, 4) is 0 Å². The van der Waals surface area contributed by atoms with Gasteiger partial charge in [0, 0.05) is 36.4 Å². The first kappa shape index (κ1) is 16.9. The Bertz CT molecular complexity index is 426. The van der Waals surface area contributed by atoms with Crippen LogP contribution in [0.4, 0.5) is 4.79 Å². The zero-order valence-electron chi connectivity index (χ0n) is 12.7. The molecule has 0 aliphatic heterocycles. The van der Waals surface area contributed by atoms with E-state index in [0.717, 1.165) is 17.1 Å². The Morgan fingerprint density at radius 2 is 2.20 bits per heavy atom. The van der Waals surface area contributed by atoms with Gasteiger partial charge in [0.15, 0.2) is 0 Å². The van der Waals surface area contributed by atoms with Gasteiger partial charge >= 0.3 is 6.03 Å². The maximum absolute atomic E-state index is 11.6. The molecule has 6 heteroatoms. The van der Waals surface area contributed by atoms with Crippen molar-refractivity contribution >= 4 is 17.4 Å². The van der Waals surface area contributed by atoms with Gasteiger partial charge in [0.1, 0.15) is 0 Å². The molecule has 1 atom stereocenters. The lowest BCUT2D eigenvalue weighted by Crippen LogP contribution is -2.41. The van der Waals surface area contributed by atoms with E-state index < -0.39 is 0 Å². The van der Waals surface area contributed by atoms with Crippen LogP contribution in [0, 0.1) is 0 Å². The van der Waals surface area contributed by atoms with Crippen LogP contribution in [0.1, 0.15) is 44.8 Å². The molecule has 20 heavy (non-hydrogen) atoms. The van der Waals surface area contributed by atoms with Crippen LogP contribution in [0.15, 0.2) is 5.38 Å². The molecule has 1 rings (SSSR count). The van der Waals surface area contributed by atoms with Gasteiger partial charge in [0.2, 0.25) is 0 Å². The average Bonchev–Trinajstić information content (AvgIpc) is 2.77. The number of hydrogen-bond donors (Lipinski definition) is 3. The van der Waals surface area contributed by atoms with Crippen molar-refractivity contribution in [1.29, 1.82) is 0 Å². The fourth-order valence-electron chi connectivity index (χ4n) is 1.59. The first-order valence-electron chi connectivity index (χ1n) is 6.93. The van der Waals surface area contributed by atoms with Crippen molar-refractivity contribution in [3.05, 3.63) is 16.1 Å². The Hall–Kier alpha value is -1.14. The second-order valence-corrected chi connectivity index (χ2v) is 6.88. The summed E-state index contributed by atoms with van der Waals surface area (Å²) in [6.07, 6.45) is 1.30. The van der Waals surface area contributed by atoms with Crippen LogP contribution < -0.4 is 10.6 Å². The molecule has 0 unspecified atom stereocenters. The molecule has 5 nitrogen and oxygen atoms in total. The zero-order valence-corrected chi connectivity index (χ0v) is 13.5. The fourth-order valence-corrected chi connectivity index (χ4v) is 2.62. The molecule has 2 amide bonds. The van der Waals surface area contributed by atoms with Crippen LogP contribution in [-0.2, 0) is 11.8 Å². The average molecular weight is 299 g/mol. The number of amides is 2. The summed E-state index contributed by atoms with van der Waals surface area (Å²) in [4.78, 5) is 16.1. The molecule has 0 spiro atoms. The Kier molecular flexibility index (Phi) is 6.42. The van der Waals surface area contributed by atoms with Gasteiger partial charge in [0.05, 0.1) is 10.7 Å². The topological polar surface area (TPSA) is 74.2 Å². The number of aliphatic hydroxyl groups is 1. The SMILES string of the molecule is C[C@H](CCO)NC(=O)NCCc1nc(C(C)(C)C)cs1. The van der Waals surface area contributed by atoms with Crippen molar-refractivity contribution in [1.82, 2.24) is 15.6 Å². The van der Waals surface area contributed by atoms with Gasteiger partial charge in [-0.1, -0.05) is 20.8 Å². The van der Waals surface area contributed by atoms with E-state index in [4.69, 9.17) is 5.11 Å². The monoisotopic (exact) mass is 299 g/mol. The van der Waals surface area contributed by atoms with Crippen LogP contribution in [-0.4, -0.2) is 35.3 Å². The van der Waals surface area contributed by atoms with Crippen molar-refractivity contribution in [2.45, 2.75) is 52.0 Å². The van der Waals surface area contributed by atoms with E-state index in [1.54, 1.807) is 11.3 Å². The minimum absolute atomic E-state index is 0.0210. The van der Waals surface area contributed by atoms with Gasteiger partial charge in [-0.3, -0.25) is 0 Å². The third-order valence-electron chi connectivity index (χ3n) is 2.88. The third-order valence-corrected chi connectivity index (χ3v) is 3.79. The van der Waals surface area contributed by atoms with Gasteiger partial charge in [0.25, 0.3) is 0 Å². The number of carbonyl (C=O) groups excluding carboxylic acids is 1. The number of hydrogen-bond acceptors (Lipinski definition) is 4. The van der Waals surface area contributed by atoms with Crippen LogP contribution in [0.2, 0.25) is 0 Å². The van der Waals surface area contributed by atoms with E-state index in [9.17, 15) is 4.79 Å². The van der Waals surface area contributed by atoms with Crippen LogP contribution in [0.5, 0.6) is 0 Å². The van der Waals surface area contributed by atoms with Crippen molar-refractivity contribution in [2.24, 2.45) is 0 Å². The second-order valence-electron chi connectivity index (χ2n) is 5.94. The summed E-state index contributed by atoms with van der Waals surface area (Å²) in [6, 6.07) is -0.217. The molecule has 1 aromatic heterocycles. The number of nitrogens with one attached hydrogen (secondary N) is 2. The summed E-state index contributed by atoms with van der Waals surface area (Å²) in [7, 11) is 0. The number of urea groups is 1. The normalized spacial score (nSPS) is 13.1. The minimum Gasteiger partial charge on any atom is -0.396 e. The highest BCUT2D eigenvalue weighted by molar-refractivity contribution is 7.09. The number of aliphatic hydroxyl groups excluding tert-OH is 1. The molecule has 1 aromatic rings. The number of thiazole rings is 1. The molecule has 0 saturated carbocycles. The van der Waals surface area contributed by atoms with E-state index >= 15 is 0 Å². The summed E-state index contributed by atoms with van der Waals surface area (Å²) in [6.45, 7) is 8.93. The standard InChI is InChI=1S/C14H25N3O2S/c1-10(6-8-18)16-13(19)15-7-5-12-17-11(9-20-12)14(2,3)4/h9-10,18H,5-8H2,1-4H3,(H2,15,16,19)/t10-/m1/s1. The largest absolute Gasteiger partial charge is 0.396 e. The van der Waals surface area contributed by atoms with Crippen molar-refractivity contribution < 1.29 is 9.90 Å². The molecule has 3 N–H and O–H groups in total. The first-order valence-corrected chi connectivity index (χ1v) is 7.81. The van der Waals surface area contributed by atoms with E-state index in [-0.39, 0.29) is 24.1 Å². The highest BCUT2D eigenvalue weighted by Crippen LogP contribution is 2.23. The molecular formula is C14H25N3O2S. The molecule has 0 aliphatic rings. The smallest absolute Gasteiger partial charge is 0.315 e. The summed E-state index contributed by atoms with van der Waals surface area (Å²) in [5.41, 5.74) is 1.16. The zero-order chi connectivity index (χ0) is 15.2. The molecule has 0 aliphatic carbocycles. The number of aromatic nitrogens is 1. The third kappa shape index (κ3) is 5.88. The Morgan fingerprint density at radius 1 is 1.50 bits per heavy atom. The van der Waals surface area contributed by atoms with Gasteiger partial charge in [-0.05, 0) is 13.3 Å². The van der Waals surface area contributed by atoms with E-state index in [1.165, 1.54) is 0 Å². The highest BCUT2D eigenvalue weighted by atomic mass is 32.1. The van der Waals surface area contributed by atoms with Crippen LogP contribution in [0.3, 0.4) is 0 Å². The maximum atomic E-state index is 11.6. The molecule has 1 heterocycles. The van der Waals surface area contributed by atoms with Gasteiger partial charge in [-0.2, -0.15) is 0 Å². The summed E-state index contributed by atoms with van der Waals surface area (Å²) in [5.74, 6) is 0. The predicted octanol–water partition coefficient (Wildman–Crippen LogP) is 2.05. The minimum atomic E-state index is -0.196. The number of rotatable bonds is 6. The molecule has 114 valence electrons. The summed E-state index contributed by atoms with van der Waals surface area (Å²) in [5, 5.41) is 17.5. The lowest BCUT2D eigenvalue weighted by molar-refractivity contribution is 0.231. The van der Waals surface area contributed by atoms with Crippen LogP contribution >= 0.6 is 11.3 Å². The Morgan fingerprint density at radius 3 is 2.75 bits per heavy atom. The predicted molar refractivity (Wildman–Crippen MR) is 82.2 cm³/mol. The molecule has 0 bridgehead atoms. The Balaban J connectivity index is 2.30. The molecular weight excluding hydrogens is 274 g/mol. The van der Waals surface area contributed by atoms with Crippen LogP contribution in [0.25, 0.3) is 0 Å². The molecule has 0 fully saturated rings. The van der Waals surface area contributed by atoms with E-state index in [0.29, 0.717) is 13.0 Å². The number of nitrogens with zero attached hydrogens (tertiary/aromatic N) is 1. The summed E-state index contributed by atoms with van der Waals surface area (Å²) < 4.78 is 0. The summed E-state index contributed by atoms with van der Waals surface area (Å²) >= 11 is 1.63. The Labute approximate surface area is 124 Å². The fraction of sp³-hybridized carbons (Fsp3) is 0.714. The number of carbonyl (C=O) groups is 1. The lowest BCUT2D eigenvalue weighted by Gasteiger charge is -2.14. The van der Waals surface area contributed by atoms with E-state index in [1.807, 2.05) is 6.92 Å². The van der Waals surface area contributed by atoms with Crippen molar-refractivity contribution in [2.75, 3.05) is 13.2 Å².